The zero-order valence-corrected chi connectivity index (χ0v) is 20.5. The van der Waals surface area contributed by atoms with Gasteiger partial charge in [-0.1, -0.05) is 29.8 Å². The molecule has 0 N–H and O–H groups in total. The highest BCUT2D eigenvalue weighted by molar-refractivity contribution is 7.92. The minimum absolute atomic E-state index is 0.0116. The van der Waals surface area contributed by atoms with E-state index >= 15 is 0 Å². The highest BCUT2D eigenvalue weighted by Crippen LogP contribution is 2.37. The van der Waals surface area contributed by atoms with Gasteiger partial charge in [0.1, 0.15) is 5.54 Å². The summed E-state index contributed by atoms with van der Waals surface area (Å²) in [7, 11) is -5.57. The molecule has 1 saturated heterocycles. The molecule has 0 aliphatic carbocycles. The van der Waals surface area contributed by atoms with Crippen LogP contribution in [0, 0.1) is 0 Å². The maximum atomic E-state index is 13.4. The van der Waals surface area contributed by atoms with Crippen molar-refractivity contribution in [1.29, 1.82) is 0 Å². The lowest BCUT2D eigenvalue weighted by Crippen LogP contribution is -2.43. The Morgan fingerprint density at radius 3 is 2.22 bits per heavy atom. The Labute approximate surface area is 210 Å². The van der Waals surface area contributed by atoms with E-state index in [1.54, 1.807) is 56.6 Å². The van der Waals surface area contributed by atoms with Gasteiger partial charge in [-0.15, -0.1) is 0 Å². The number of pyridine rings is 1. The molecule has 3 aromatic rings. The topological polar surface area (TPSA) is 87.7 Å². The standard InChI is InChI=1S/C24H19ClF3N3O4S/c1-23(2)21(32)31(16-7-9-17(10-8-16)36(34,35)24(26,27)28)22(33)30(23)14-15-11-12-29-13-19(15)18-5-3-4-6-20(18)25/h3-13H,14H2,1-2H3. The second-order valence-corrected chi connectivity index (χ2v) is 10.9. The zero-order valence-electron chi connectivity index (χ0n) is 19.0. The minimum Gasteiger partial charge on any atom is -0.305 e. The van der Waals surface area contributed by atoms with E-state index in [9.17, 15) is 31.2 Å². The van der Waals surface area contributed by atoms with Crippen molar-refractivity contribution >= 4 is 39.1 Å². The van der Waals surface area contributed by atoms with E-state index < -0.39 is 37.7 Å². The van der Waals surface area contributed by atoms with Crippen LogP contribution >= 0.6 is 11.6 Å². The molecule has 0 saturated carbocycles. The Kier molecular flexibility index (Phi) is 6.34. The van der Waals surface area contributed by atoms with Crippen LogP contribution < -0.4 is 4.90 Å². The van der Waals surface area contributed by atoms with Crippen molar-refractivity contribution in [3.8, 4) is 11.1 Å². The van der Waals surface area contributed by atoms with Crippen LogP contribution in [0.5, 0.6) is 0 Å². The summed E-state index contributed by atoms with van der Waals surface area (Å²) in [5, 5.41) is 0.477. The molecule has 0 radical (unpaired) electrons. The number of anilines is 1. The number of halogens is 4. The summed E-state index contributed by atoms with van der Waals surface area (Å²) in [5.41, 5.74) is -4.81. The first-order valence-electron chi connectivity index (χ1n) is 10.5. The average Bonchev–Trinajstić information content (AvgIpc) is 2.98. The van der Waals surface area contributed by atoms with E-state index in [1.165, 1.54) is 4.90 Å². The van der Waals surface area contributed by atoms with Gasteiger partial charge < -0.3 is 4.90 Å². The molecule has 36 heavy (non-hydrogen) atoms. The van der Waals surface area contributed by atoms with Crippen LogP contribution in [0.15, 0.2) is 71.9 Å². The van der Waals surface area contributed by atoms with Crippen molar-refractivity contribution in [2.24, 2.45) is 0 Å². The number of nitrogens with zero attached hydrogens (tertiary/aromatic N) is 3. The number of alkyl halides is 3. The maximum absolute atomic E-state index is 13.4. The van der Waals surface area contributed by atoms with Gasteiger partial charge in [0.05, 0.1) is 10.6 Å². The van der Waals surface area contributed by atoms with Crippen molar-refractivity contribution in [3.63, 3.8) is 0 Å². The summed E-state index contributed by atoms with van der Waals surface area (Å²) in [4.78, 5) is 31.9. The first-order valence-corrected chi connectivity index (χ1v) is 12.4. The van der Waals surface area contributed by atoms with Gasteiger partial charge in [0.25, 0.3) is 15.7 Å². The summed E-state index contributed by atoms with van der Waals surface area (Å²) in [6.07, 6.45) is 3.14. The number of carbonyl (C=O) groups is 2. The molecule has 0 unspecified atom stereocenters. The van der Waals surface area contributed by atoms with E-state index in [-0.39, 0.29) is 12.2 Å². The number of rotatable bonds is 5. The first kappa shape index (κ1) is 25.6. The second-order valence-electron chi connectivity index (χ2n) is 8.52. The van der Waals surface area contributed by atoms with Crippen LogP contribution in [-0.4, -0.2) is 41.3 Å². The summed E-state index contributed by atoms with van der Waals surface area (Å²) in [6, 6.07) is 11.5. The van der Waals surface area contributed by atoms with Gasteiger partial charge >= 0.3 is 11.5 Å². The van der Waals surface area contributed by atoms with Gasteiger partial charge in [0, 0.05) is 35.1 Å². The van der Waals surface area contributed by atoms with Crippen LogP contribution in [0.2, 0.25) is 5.02 Å². The number of hydrogen-bond donors (Lipinski definition) is 0. The van der Waals surface area contributed by atoms with Crippen LogP contribution in [0.4, 0.5) is 23.7 Å². The third-order valence-electron chi connectivity index (χ3n) is 5.94. The number of sulfone groups is 1. The lowest BCUT2D eigenvalue weighted by molar-refractivity contribution is -0.123. The van der Waals surface area contributed by atoms with E-state index in [0.29, 0.717) is 33.8 Å². The SMILES string of the molecule is CC1(C)C(=O)N(c2ccc(S(=O)(=O)C(F)(F)F)cc2)C(=O)N1Cc1ccncc1-c1ccccc1Cl. The van der Waals surface area contributed by atoms with E-state index in [0.717, 1.165) is 17.0 Å². The molecule has 2 heterocycles. The van der Waals surface area contributed by atoms with Crippen LogP contribution in [0.3, 0.4) is 0 Å². The van der Waals surface area contributed by atoms with Crippen LogP contribution in [0.25, 0.3) is 11.1 Å². The third kappa shape index (κ3) is 4.22. The smallest absolute Gasteiger partial charge is 0.305 e. The lowest BCUT2D eigenvalue weighted by atomic mass is 9.99. The molecule has 7 nitrogen and oxygen atoms in total. The monoisotopic (exact) mass is 537 g/mol. The van der Waals surface area contributed by atoms with E-state index in [4.69, 9.17) is 11.6 Å². The highest BCUT2D eigenvalue weighted by atomic mass is 35.5. The van der Waals surface area contributed by atoms with Gasteiger partial charge in [0.15, 0.2) is 0 Å². The van der Waals surface area contributed by atoms with Crippen molar-refractivity contribution in [2.75, 3.05) is 4.90 Å². The molecular formula is C24H19ClF3N3O4S. The lowest BCUT2D eigenvalue weighted by Gasteiger charge is -2.28. The Bertz CT molecular complexity index is 1460. The maximum Gasteiger partial charge on any atom is 0.501 e. The normalized spacial score (nSPS) is 16.1. The van der Waals surface area contributed by atoms with Crippen molar-refractivity contribution in [2.45, 2.75) is 36.3 Å². The molecule has 4 rings (SSSR count). The number of imide groups is 1. The number of urea groups is 1. The van der Waals surface area contributed by atoms with Crippen molar-refractivity contribution < 1.29 is 31.2 Å². The molecule has 0 bridgehead atoms. The zero-order chi connectivity index (χ0) is 26.5. The molecule has 1 fully saturated rings. The summed E-state index contributed by atoms with van der Waals surface area (Å²) < 4.78 is 61.9. The molecule has 3 amide bonds. The van der Waals surface area contributed by atoms with E-state index in [2.05, 4.69) is 4.98 Å². The fraction of sp³-hybridized carbons (Fsp3) is 0.208. The van der Waals surface area contributed by atoms with Gasteiger partial charge in [-0.2, -0.15) is 13.2 Å². The Hall–Kier alpha value is -3.44. The number of aromatic nitrogens is 1. The highest BCUT2D eigenvalue weighted by Gasteiger charge is 2.52. The minimum atomic E-state index is -5.57. The molecule has 0 spiro atoms. The van der Waals surface area contributed by atoms with Crippen LogP contribution in [-0.2, 0) is 21.2 Å². The molecule has 1 aliphatic heterocycles. The van der Waals surface area contributed by atoms with Gasteiger partial charge in [0.2, 0.25) is 0 Å². The molecule has 188 valence electrons. The Balaban J connectivity index is 1.68. The Morgan fingerprint density at radius 1 is 0.972 bits per heavy atom. The molecule has 12 heteroatoms. The number of amides is 3. The fourth-order valence-electron chi connectivity index (χ4n) is 3.89. The van der Waals surface area contributed by atoms with Gasteiger partial charge in [-0.25, -0.2) is 18.1 Å². The predicted octanol–water partition coefficient (Wildman–Crippen LogP) is 5.44. The van der Waals surface area contributed by atoms with Gasteiger partial charge in [-0.05, 0) is 55.8 Å². The third-order valence-corrected chi connectivity index (χ3v) is 7.77. The first-order chi connectivity index (χ1) is 16.8. The summed E-state index contributed by atoms with van der Waals surface area (Å²) in [6.45, 7) is 3.11. The number of benzene rings is 2. The molecule has 1 aliphatic rings. The quantitative estimate of drug-likeness (QED) is 0.404. The van der Waals surface area contributed by atoms with Crippen LogP contribution in [0.1, 0.15) is 19.4 Å². The number of carbonyl (C=O) groups excluding carboxylic acids is 2. The summed E-state index contributed by atoms with van der Waals surface area (Å²) in [5.74, 6) is -0.618. The molecule has 2 aromatic carbocycles. The van der Waals surface area contributed by atoms with Gasteiger partial charge in [-0.3, -0.25) is 9.78 Å². The average molecular weight is 538 g/mol. The largest absolute Gasteiger partial charge is 0.501 e. The molecular weight excluding hydrogens is 519 g/mol. The molecule has 1 aromatic heterocycles. The fourth-order valence-corrected chi connectivity index (χ4v) is 4.89. The Morgan fingerprint density at radius 2 is 1.61 bits per heavy atom. The number of hydrogen-bond acceptors (Lipinski definition) is 5. The summed E-state index contributed by atoms with van der Waals surface area (Å²) >= 11 is 6.35. The van der Waals surface area contributed by atoms with Crippen molar-refractivity contribution in [1.82, 2.24) is 9.88 Å². The molecule has 0 atom stereocenters. The van der Waals surface area contributed by atoms with Crippen molar-refractivity contribution in [3.05, 3.63) is 77.6 Å². The van der Waals surface area contributed by atoms with E-state index in [1.807, 2.05) is 0 Å². The predicted molar refractivity (Wildman–Crippen MR) is 127 cm³/mol. The second kappa shape index (κ2) is 8.90.